The minimum atomic E-state index is -0.522. The van der Waals surface area contributed by atoms with Crippen LogP contribution >= 0.6 is 0 Å². The van der Waals surface area contributed by atoms with Gasteiger partial charge in [0.05, 0.1) is 5.41 Å². The van der Waals surface area contributed by atoms with Gasteiger partial charge in [-0.3, -0.25) is 9.59 Å². The monoisotopic (exact) mass is 260 g/mol. The average molecular weight is 260 g/mol. The molecule has 1 aromatic carbocycles. The van der Waals surface area contributed by atoms with Gasteiger partial charge in [-0.25, -0.2) is 0 Å². The van der Waals surface area contributed by atoms with Gasteiger partial charge in [-0.2, -0.15) is 0 Å². The third-order valence-electron chi connectivity index (χ3n) is 3.35. The molecule has 19 heavy (non-hydrogen) atoms. The van der Waals surface area contributed by atoms with E-state index in [9.17, 15) is 9.59 Å². The van der Waals surface area contributed by atoms with E-state index in [0.29, 0.717) is 18.4 Å². The molecule has 0 N–H and O–H groups in total. The maximum absolute atomic E-state index is 12.0. The molecule has 3 nitrogen and oxygen atoms in total. The molecule has 1 aliphatic rings. The van der Waals surface area contributed by atoms with Crippen molar-refractivity contribution < 1.29 is 14.3 Å². The van der Waals surface area contributed by atoms with E-state index in [1.807, 2.05) is 45.9 Å². The molecule has 1 aliphatic carbocycles. The minimum absolute atomic E-state index is 0.137. The second-order valence-electron chi connectivity index (χ2n) is 6.20. The smallest absolute Gasteiger partial charge is 0.311 e. The summed E-state index contributed by atoms with van der Waals surface area (Å²) in [5.41, 5.74) is 2.11. The molecule has 0 amide bonds. The predicted octanol–water partition coefficient (Wildman–Crippen LogP) is 3.60. The summed E-state index contributed by atoms with van der Waals surface area (Å²) in [5, 5.41) is 0. The fraction of sp³-hybridized carbons (Fsp3) is 0.500. The molecule has 102 valence electrons. The molecule has 2 rings (SSSR count). The standard InChI is InChI=1S/C16H20O3/c1-10-5-6-11-12(9-10)14(8-7-13(11)17)19-15(18)16(2,3)4/h5-6,9,14H,7-8H2,1-4H3. The van der Waals surface area contributed by atoms with Crippen LogP contribution in [0.1, 0.15) is 61.2 Å². The Labute approximate surface area is 114 Å². The normalized spacial score (nSPS) is 18.9. The molecule has 0 aliphatic heterocycles. The number of hydrogen-bond donors (Lipinski definition) is 0. The van der Waals surface area contributed by atoms with E-state index < -0.39 is 5.41 Å². The lowest BCUT2D eigenvalue weighted by atomic mass is 9.87. The number of fused-ring (bicyclic) bond motifs is 1. The molecule has 0 fully saturated rings. The molecule has 0 saturated heterocycles. The van der Waals surface area contributed by atoms with Crippen molar-refractivity contribution in [2.45, 2.75) is 46.6 Å². The van der Waals surface area contributed by atoms with Gasteiger partial charge < -0.3 is 4.74 Å². The topological polar surface area (TPSA) is 43.4 Å². The van der Waals surface area contributed by atoms with Gasteiger partial charge in [0.1, 0.15) is 6.10 Å². The summed E-state index contributed by atoms with van der Waals surface area (Å²) in [6, 6.07) is 5.71. The van der Waals surface area contributed by atoms with Crippen LogP contribution in [-0.2, 0) is 9.53 Å². The van der Waals surface area contributed by atoms with Crippen molar-refractivity contribution in [3.8, 4) is 0 Å². The van der Waals surface area contributed by atoms with Crippen molar-refractivity contribution in [1.82, 2.24) is 0 Å². The second-order valence-corrected chi connectivity index (χ2v) is 6.20. The van der Waals surface area contributed by atoms with Crippen LogP contribution in [0.25, 0.3) is 0 Å². The summed E-state index contributed by atoms with van der Waals surface area (Å²) in [7, 11) is 0. The van der Waals surface area contributed by atoms with Crippen molar-refractivity contribution in [2.24, 2.45) is 5.41 Å². The SMILES string of the molecule is Cc1ccc2c(c1)C(OC(=O)C(C)(C)C)CCC2=O. The molecule has 3 heteroatoms. The maximum atomic E-state index is 12.0. The van der Waals surface area contributed by atoms with Crippen molar-refractivity contribution >= 4 is 11.8 Å². The van der Waals surface area contributed by atoms with E-state index in [1.165, 1.54) is 0 Å². The van der Waals surface area contributed by atoms with E-state index in [1.54, 1.807) is 0 Å². The Bertz CT molecular complexity index is 523. The first-order valence-corrected chi connectivity index (χ1v) is 6.64. The zero-order chi connectivity index (χ0) is 14.2. The molecule has 0 aromatic heterocycles. The minimum Gasteiger partial charge on any atom is -0.457 e. The van der Waals surface area contributed by atoms with E-state index in [2.05, 4.69) is 0 Å². The lowest BCUT2D eigenvalue weighted by Gasteiger charge is -2.28. The third kappa shape index (κ3) is 2.86. The van der Waals surface area contributed by atoms with Crippen LogP contribution in [0.15, 0.2) is 18.2 Å². The number of esters is 1. The highest BCUT2D eigenvalue weighted by Crippen LogP contribution is 2.34. The number of rotatable bonds is 1. The number of Topliss-reactive ketones (excluding diaryl/α,β-unsaturated/α-hetero) is 1. The van der Waals surface area contributed by atoms with Gasteiger partial charge in [-0.1, -0.05) is 23.8 Å². The van der Waals surface area contributed by atoms with E-state index >= 15 is 0 Å². The summed E-state index contributed by atoms with van der Waals surface area (Å²) in [6.07, 6.45) is 0.731. The summed E-state index contributed by atoms with van der Waals surface area (Å²) in [4.78, 5) is 23.9. The van der Waals surface area contributed by atoms with Crippen LogP contribution in [0.5, 0.6) is 0 Å². The van der Waals surface area contributed by atoms with Crippen LogP contribution in [0.3, 0.4) is 0 Å². The van der Waals surface area contributed by atoms with Gasteiger partial charge in [-0.15, -0.1) is 0 Å². The highest BCUT2D eigenvalue weighted by atomic mass is 16.5. The van der Waals surface area contributed by atoms with Crippen molar-refractivity contribution in [2.75, 3.05) is 0 Å². The van der Waals surface area contributed by atoms with Gasteiger partial charge in [0, 0.05) is 17.5 Å². The lowest BCUT2D eigenvalue weighted by molar-refractivity contribution is -0.159. The van der Waals surface area contributed by atoms with Gasteiger partial charge >= 0.3 is 5.97 Å². The zero-order valence-corrected chi connectivity index (χ0v) is 11.9. The number of hydrogen-bond acceptors (Lipinski definition) is 3. The molecule has 0 saturated carbocycles. The first-order valence-electron chi connectivity index (χ1n) is 6.64. The second kappa shape index (κ2) is 4.80. The molecular weight excluding hydrogens is 240 g/mol. The Balaban J connectivity index is 2.31. The summed E-state index contributed by atoms with van der Waals surface area (Å²) in [6.45, 7) is 7.48. The molecule has 1 unspecified atom stereocenters. The fourth-order valence-corrected chi connectivity index (χ4v) is 2.18. The summed E-state index contributed by atoms with van der Waals surface area (Å²) >= 11 is 0. The predicted molar refractivity (Wildman–Crippen MR) is 73.0 cm³/mol. The van der Waals surface area contributed by atoms with Gasteiger partial charge in [0.25, 0.3) is 0 Å². The Morgan fingerprint density at radius 3 is 2.63 bits per heavy atom. The van der Waals surface area contributed by atoms with E-state index in [4.69, 9.17) is 4.74 Å². The van der Waals surface area contributed by atoms with Gasteiger partial charge in [0.2, 0.25) is 0 Å². The quantitative estimate of drug-likeness (QED) is 0.724. The number of carbonyl (C=O) groups excluding carboxylic acids is 2. The third-order valence-corrected chi connectivity index (χ3v) is 3.35. The first-order chi connectivity index (χ1) is 8.79. The van der Waals surface area contributed by atoms with Crippen LogP contribution in [0, 0.1) is 12.3 Å². The van der Waals surface area contributed by atoms with Crippen molar-refractivity contribution in [3.05, 3.63) is 34.9 Å². The first kappa shape index (κ1) is 13.8. The van der Waals surface area contributed by atoms with Crippen molar-refractivity contribution in [1.29, 1.82) is 0 Å². The molecule has 0 radical (unpaired) electrons. The average Bonchev–Trinajstić information content (AvgIpc) is 2.31. The molecular formula is C16H20O3. The molecule has 1 atom stereocenters. The number of benzene rings is 1. The van der Waals surface area contributed by atoms with Crippen molar-refractivity contribution in [3.63, 3.8) is 0 Å². The number of carbonyl (C=O) groups is 2. The summed E-state index contributed by atoms with van der Waals surface area (Å²) < 4.78 is 5.59. The highest BCUT2D eigenvalue weighted by molar-refractivity contribution is 5.98. The van der Waals surface area contributed by atoms with Crippen LogP contribution in [0.2, 0.25) is 0 Å². The van der Waals surface area contributed by atoms with Crippen LogP contribution in [-0.4, -0.2) is 11.8 Å². The van der Waals surface area contributed by atoms with Gasteiger partial charge in [0.15, 0.2) is 5.78 Å². The summed E-state index contributed by atoms with van der Waals surface area (Å²) in [5.74, 6) is -0.0858. The number of aryl methyl sites for hydroxylation is 1. The van der Waals surface area contributed by atoms with E-state index in [0.717, 1.165) is 11.1 Å². The molecule has 1 aromatic rings. The zero-order valence-electron chi connectivity index (χ0n) is 11.9. The van der Waals surface area contributed by atoms with E-state index in [-0.39, 0.29) is 17.9 Å². The van der Waals surface area contributed by atoms with Crippen LogP contribution in [0.4, 0.5) is 0 Å². The molecule has 0 heterocycles. The molecule has 0 bridgehead atoms. The number of ketones is 1. The Kier molecular flexibility index (Phi) is 3.48. The Morgan fingerprint density at radius 2 is 2.00 bits per heavy atom. The molecule has 0 spiro atoms. The number of ether oxygens (including phenoxy) is 1. The van der Waals surface area contributed by atoms with Gasteiger partial charge in [-0.05, 0) is 34.1 Å². The maximum Gasteiger partial charge on any atom is 0.311 e. The Morgan fingerprint density at radius 1 is 1.32 bits per heavy atom. The Hall–Kier alpha value is -1.64. The largest absolute Gasteiger partial charge is 0.457 e. The highest BCUT2D eigenvalue weighted by Gasteiger charge is 2.32. The lowest BCUT2D eigenvalue weighted by Crippen LogP contribution is -2.27. The van der Waals surface area contributed by atoms with Crippen LogP contribution < -0.4 is 0 Å². The fourth-order valence-electron chi connectivity index (χ4n) is 2.18.